The molecule has 1 amide bonds. The van der Waals surface area contributed by atoms with Gasteiger partial charge in [0.15, 0.2) is 0 Å². The fourth-order valence-electron chi connectivity index (χ4n) is 3.23. The van der Waals surface area contributed by atoms with Crippen LogP contribution in [-0.4, -0.2) is 53.1 Å². The molecule has 0 aliphatic carbocycles. The summed E-state index contributed by atoms with van der Waals surface area (Å²) in [4.78, 5) is 24.8. The molecule has 3 heterocycles. The minimum atomic E-state index is -0.391. The molecule has 0 spiro atoms. The third kappa shape index (κ3) is 2.99. The number of rotatable bonds is 3. The lowest BCUT2D eigenvalue weighted by atomic mass is 10.0. The largest absolute Gasteiger partial charge is 0.341 e. The minimum Gasteiger partial charge on any atom is -0.341 e. The van der Waals surface area contributed by atoms with Crippen molar-refractivity contribution >= 4 is 11.9 Å². The predicted octanol–water partition coefficient (Wildman–Crippen LogP) is 1.57. The predicted molar refractivity (Wildman–Crippen MR) is 77.8 cm³/mol. The van der Waals surface area contributed by atoms with Crippen molar-refractivity contribution in [2.45, 2.75) is 32.2 Å². The molecule has 2 saturated heterocycles. The molecule has 0 radical (unpaired) electrons. The molecule has 0 N–H and O–H groups in total. The highest BCUT2D eigenvalue weighted by Gasteiger charge is 2.35. The van der Waals surface area contributed by atoms with Crippen LogP contribution in [0.4, 0.5) is 10.3 Å². The summed E-state index contributed by atoms with van der Waals surface area (Å²) in [5.41, 5.74) is 0.961. The Balaban J connectivity index is 1.59. The summed E-state index contributed by atoms with van der Waals surface area (Å²) < 4.78 is 12.7. The molecule has 1 atom stereocenters. The highest BCUT2D eigenvalue weighted by molar-refractivity contribution is 5.79. The first-order valence-corrected chi connectivity index (χ1v) is 7.57. The van der Waals surface area contributed by atoms with Gasteiger partial charge in [0.25, 0.3) is 0 Å². The molecule has 5 nitrogen and oxygen atoms in total. The number of aryl methyl sites for hydroxylation is 1. The van der Waals surface area contributed by atoms with Crippen molar-refractivity contribution in [3.8, 4) is 0 Å². The molecule has 2 fully saturated rings. The summed E-state index contributed by atoms with van der Waals surface area (Å²) in [6, 6.07) is 2.13. The van der Waals surface area contributed by atoms with Crippen LogP contribution >= 0.6 is 0 Å². The highest BCUT2D eigenvalue weighted by atomic mass is 19.1. The fraction of sp³-hybridized carbons (Fsp3) is 0.667. The molecule has 3 rings (SSSR count). The topological polar surface area (TPSA) is 49.3 Å². The van der Waals surface area contributed by atoms with E-state index in [4.69, 9.17) is 0 Å². The number of amides is 1. The summed E-state index contributed by atoms with van der Waals surface area (Å²) >= 11 is 0. The van der Waals surface area contributed by atoms with Crippen LogP contribution in [0.5, 0.6) is 0 Å². The van der Waals surface area contributed by atoms with E-state index in [-0.39, 0.29) is 17.9 Å². The van der Waals surface area contributed by atoms with Crippen molar-refractivity contribution in [3.05, 3.63) is 18.0 Å². The lowest BCUT2D eigenvalue weighted by molar-refractivity contribution is -0.130. The van der Waals surface area contributed by atoms with Crippen molar-refractivity contribution in [2.24, 2.45) is 5.92 Å². The first kappa shape index (κ1) is 14.2. The molecule has 1 unspecified atom stereocenters. The Hall–Kier alpha value is -1.72. The van der Waals surface area contributed by atoms with Gasteiger partial charge in [-0.05, 0) is 25.8 Å². The van der Waals surface area contributed by atoms with Gasteiger partial charge in [0.1, 0.15) is 0 Å². The Kier molecular flexibility index (Phi) is 4.03. The van der Waals surface area contributed by atoms with Gasteiger partial charge in [-0.25, -0.2) is 9.97 Å². The second kappa shape index (κ2) is 5.95. The van der Waals surface area contributed by atoms with E-state index in [9.17, 15) is 9.18 Å². The average Bonchev–Trinajstić information content (AvgIpc) is 2.89. The molecule has 1 aromatic rings. The molecule has 0 saturated carbocycles. The van der Waals surface area contributed by atoms with E-state index < -0.39 is 6.67 Å². The van der Waals surface area contributed by atoms with Gasteiger partial charge in [-0.2, -0.15) is 0 Å². The van der Waals surface area contributed by atoms with Crippen molar-refractivity contribution in [2.75, 3.05) is 31.2 Å². The summed E-state index contributed by atoms with van der Waals surface area (Å²) in [5.74, 6) is 0.779. The van der Waals surface area contributed by atoms with Crippen molar-refractivity contribution in [1.29, 1.82) is 0 Å². The standard InChI is InChI=1S/C15H21FN4O/c1-11-2-5-17-15(18-11)19-6-3-13(4-7-19)20-10-12(9-16)8-14(20)21/h2,5,12-13H,3-4,6-10H2,1H3. The van der Waals surface area contributed by atoms with Crippen molar-refractivity contribution < 1.29 is 9.18 Å². The SMILES string of the molecule is Cc1ccnc(N2CCC(N3CC(CF)CC3=O)CC2)n1. The van der Waals surface area contributed by atoms with Gasteiger partial charge in [0, 0.05) is 49.9 Å². The molecule has 1 aromatic heterocycles. The van der Waals surface area contributed by atoms with Crippen molar-refractivity contribution in [1.82, 2.24) is 14.9 Å². The summed E-state index contributed by atoms with van der Waals surface area (Å²) in [6.07, 6.45) is 3.96. The molecular formula is C15H21FN4O. The number of carbonyl (C=O) groups is 1. The Morgan fingerprint density at radius 3 is 2.76 bits per heavy atom. The van der Waals surface area contributed by atoms with Crippen LogP contribution in [0.15, 0.2) is 12.3 Å². The zero-order valence-electron chi connectivity index (χ0n) is 12.3. The van der Waals surface area contributed by atoms with Crippen LogP contribution in [0.1, 0.15) is 25.0 Å². The highest BCUT2D eigenvalue weighted by Crippen LogP contribution is 2.26. The number of hydrogen-bond acceptors (Lipinski definition) is 4. The fourth-order valence-corrected chi connectivity index (χ4v) is 3.23. The van der Waals surface area contributed by atoms with E-state index in [0.717, 1.165) is 37.6 Å². The number of hydrogen-bond donors (Lipinski definition) is 0. The van der Waals surface area contributed by atoms with Gasteiger partial charge in [0.05, 0.1) is 6.67 Å². The quantitative estimate of drug-likeness (QED) is 0.848. The van der Waals surface area contributed by atoms with E-state index >= 15 is 0 Å². The van der Waals surface area contributed by atoms with Crippen LogP contribution in [0.3, 0.4) is 0 Å². The Morgan fingerprint density at radius 2 is 2.14 bits per heavy atom. The zero-order valence-corrected chi connectivity index (χ0v) is 12.3. The zero-order chi connectivity index (χ0) is 14.8. The molecule has 114 valence electrons. The summed E-state index contributed by atoms with van der Waals surface area (Å²) in [5, 5.41) is 0. The molecule has 0 bridgehead atoms. The molecular weight excluding hydrogens is 271 g/mol. The summed E-state index contributed by atoms with van der Waals surface area (Å²) in [7, 11) is 0. The normalized spacial score (nSPS) is 23.9. The second-order valence-corrected chi connectivity index (χ2v) is 5.99. The van der Waals surface area contributed by atoms with E-state index in [0.29, 0.717) is 13.0 Å². The Morgan fingerprint density at radius 1 is 1.38 bits per heavy atom. The average molecular weight is 292 g/mol. The molecule has 2 aliphatic heterocycles. The number of carbonyl (C=O) groups excluding carboxylic acids is 1. The molecule has 2 aliphatic rings. The number of alkyl halides is 1. The second-order valence-electron chi connectivity index (χ2n) is 5.99. The van der Waals surface area contributed by atoms with Crippen LogP contribution in [0.25, 0.3) is 0 Å². The third-order valence-electron chi connectivity index (χ3n) is 4.43. The first-order chi connectivity index (χ1) is 10.2. The monoisotopic (exact) mass is 292 g/mol. The molecule has 6 heteroatoms. The number of piperidine rings is 1. The van der Waals surface area contributed by atoms with E-state index in [1.54, 1.807) is 6.20 Å². The van der Waals surface area contributed by atoms with Crippen LogP contribution < -0.4 is 4.90 Å². The Bertz CT molecular complexity index is 516. The third-order valence-corrected chi connectivity index (χ3v) is 4.43. The van der Waals surface area contributed by atoms with Gasteiger partial charge in [-0.1, -0.05) is 0 Å². The van der Waals surface area contributed by atoms with Crippen LogP contribution in [0, 0.1) is 12.8 Å². The van der Waals surface area contributed by atoms with Gasteiger partial charge < -0.3 is 9.80 Å². The van der Waals surface area contributed by atoms with Crippen LogP contribution in [0.2, 0.25) is 0 Å². The van der Waals surface area contributed by atoms with Gasteiger partial charge in [-0.15, -0.1) is 0 Å². The van der Waals surface area contributed by atoms with Gasteiger partial charge in [-0.3, -0.25) is 9.18 Å². The maximum absolute atomic E-state index is 12.7. The smallest absolute Gasteiger partial charge is 0.225 e. The first-order valence-electron chi connectivity index (χ1n) is 7.57. The lowest BCUT2D eigenvalue weighted by Crippen LogP contribution is -2.46. The van der Waals surface area contributed by atoms with Crippen LogP contribution in [-0.2, 0) is 4.79 Å². The van der Waals surface area contributed by atoms with E-state index in [1.807, 2.05) is 17.9 Å². The van der Waals surface area contributed by atoms with E-state index in [1.165, 1.54) is 0 Å². The van der Waals surface area contributed by atoms with Gasteiger partial charge >= 0.3 is 0 Å². The number of likely N-dealkylation sites (tertiary alicyclic amines) is 1. The molecule has 21 heavy (non-hydrogen) atoms. The maximum atomic E-state index is 12.7. The minimum absolute atomic E-state index is 0.101. The molecule has 0 aromatic carbocycles. The number of aromatic nitrogens is 2. The van der Waals surface area contributed by atoms with Crippen molar-refractivity contribution in [3.63, 3.8) is 0 Å². The van der Waals surface area contributed by atoms with Gasteiger partial charge in [0.2, 0.25) is 11.9 Å². The summed E-state index contributed by atoms with van der Waals surface area (Å²) in [6.45, 7) is 3.84. The lowest BCUT2D eigenvalue weighted by Gasteiger charge is -2.36. The maximum Gasteiger partial charge on any atom is 0.225 e. The number of nitrogens with zero attached hydrogens (tertiary/aromatic N) is 4. The Labute approximate surface area is 124 Å². The number of halogens is 1. The number of anilines is 1. The van der Waals surface area contributed by atoms with E-state index in [2.05, 4.69) is 14.9 Å².